The highest BCUT2D eigenvalue weighted by Gasteiger charge is 2.25. The molecule has 5 nitrogen and oxygen atoms in total. The van der Waals surface area contributed by atoms with Crippen LogP contribution in [0.3, 0.4) is 0 Å². The molecule has 6 heteroatoms. The topological polar surface area (TPSA) is 79.9 Å². The lowest BCUT2D eigenvalue weighted by Gasteiger charge is -2.18. The summed E-state index contributed by atoms with van der Waals surface area (Å²) in [5.41, 5.74) is 7.00. The third-order valence-electron chi connectivity index (χ3n) is 2.38. The number of hydrazone groups is 1. The van der Waals surface area contributed by atoms with E-state index in [1.54, 1.807) is 6.21 Å². The Balaban J connectivity index is 2.21. The van der Waals surface area contributed by atoms with Crippen LogP contribution in [-0.2, 0) is 0 Å². The van der Waals surface area contributed by atoms with E-state index < -0.39 is 7.05 Å². The van der Waals surface area contributed by atoms with E-state index in [2.05, 4.69) is 10.4 Å². The number of fused-ring (bicyclic) bond motifs is 1. The predicted molar refractivity (Wildman–Crippen MR) is 63.9 cm³/mol. The van der Waals surface area contributed by atoms with Crippen LogP contribution in [0.1, 0.15) is 12.0 Å². The van der Waals surface area contributed by atoms with E-state index in [-0.39, 0.29) is 0 Å². The number of nitrogens with zero attached hydrogens (tertiary/aromatic N) is 1. The lowest BCUT2D eigenvalue weighted by Crippen LogP contribution is -2.47. The fourth-order valence-electron chi connectivity index (χ4n) is 1.60. The SMILES string of the molecule is NCCCOc1cccc2c1B(O)NN=C2. The summed E-state index contributed by atoms with van der Waals surface area (Å²) in [4.78, 5) is 0. The number of hydrogen-bond donors (Lipinski definition) is 3. The summed E-state index contributed by atoms with van der Waals surface area (Å²) in [6.07, 6.45) is 2.46. The average molecular weight is 219 g/mol. The van der Waals surface area contributed by atoms with Gasteiger partial charge in [-0.05, 0) is 24.6 Å². The van der Waals surface area contributed by atoms with Gasteiger partial charge in [-0.25, -0.2) is 0 Å². The van der Waals surface area contributed by atoms with Gasteiger partial charge in [0.25, 0.3) is 0 Å². The van der Waals surface area contributed by atoms with Crippen molar-refractivity contribution in [1.29, 1.82) is 0 Å². The molecule has 84 valence electrons. The second-order valence-electron chi connectivity index (χ2n) is 3.54. The zero-order chi connectivity index (χ0) is 11.4. The molecule has 0 fully saturated rings. The molecule has 1 aromatic rings. The number of benzene rings is 1. The fraction of sp³-hybridized carbons (Fsp3) is 0.300. The standard InChI is InChI=1S/C10H14BN3O2/c12-5-2-6-16-9-4-1-3-8-7-13-14-11(15)10(8)9/h1,3-4,7,14-15H,2,5-6,12H2. The van der Waals surface area contributed by atoms with Crippen molar-refractivity contribution in [2.75, 3.05) is 13.2 Å². The first-order chi connectivity index (χ1) is 7.83. The van der Waals surface area contributed by atoms with Crippen molar-refractivity contribution in [3.8, 4) is 5.75 Å². The van der Waals surface area contributed by atoms with Gasteiger partial charge in [-0.2, -0.15) is 5.10 Å². The van der Waals surface area contributed by atoms with E-state index >= 15 is 0 Å². The van der Waals surface area contributed by atoms with Gasteiger partial charge >= 0.3 is 7.05 Å². The average Bonchev–Trinajstić information content (AvgIpc) is 2.30. The summed E-state index contributed by atoms with van der Waals surface area (Å²) in [5, 5.41) is 16.2. The van der Waals surface area contributed by atoms with Gasteiger partial charge in [0.05, 0.1) is 12.8 Å². The van der Waals surface area contributed by atoms with Gasteiger partial charge in [0, 0.05) is 5.46 Å². The summed E-state index contributed by atoms with van der Waals surface area (Å²) in [6, 6.07) is 5.60. The molecule has 0 aromatic heterocycles. The smallest absolute Gasteiger partial charge is 0.467 e. The lowest BCUT2D eigenvalue weighted by atomic mass is 9.71. The molecule has 2 rings (SSSR count). The monoisotopic (exact) mass is 219 g/mol. The van der Waals surface area contributed by atoms with E-state index in [4.69, 9.17) is 10.5 Å². The van der Waals surface area contributed by atoms with Crippen LogP contribution < -0.4 is 21.3 Å². The molecule has 16 heavy (non-hydrogen) atoms. The molecule has 0 bridgehead atoms. The molecule has 0 spiro atoms. The highest BCUT2D eigenvalue weighted by molar-refractivity contribution is 6.66. The van der Waals surface area contributed by atoms with Crippen LogP contribution in [0.5, 0.6) is 5.75 Å². The van der Waals surface area contributed by atoms with E-state index in [0.29, 0.717) is 18.9 Å². The van der Waals surface area contributed by atoms with E-state index in [1.165, 1.54) is 0 Å². The van der Waals surface area contributed by atoms with Crippen molar-refractivity contribution >= 4 is 18.7 Å². The lowest BCUT2D eigenvalue weighted by molar-refractivity contribution is 0.315. The molecule has 4 N–H and O–H groups in total. The molecular weight excluding hydrogens is 205 g/mol. The normalized spacial score (nSPS) is 13.2. The van der Waals surface area contributed by atoms with Gasteiger partial charge in [-0.1, -0.05) is 12.1 Å². The number of hydrogen-bond acceptors (Lipinski definition) is 5. The maximum absolute atomic E-state index is 9.77. The molecule has 0 radical (unpaired) electrons. The molecule has 0 saturated heterocycles. The first kappa shape index (κ1) is 11.0. The Bertz CT molecular complexity index is 398. The van der Waals surface area contributed by atoms with Gasteiger partial charge in [0.15, 0.2) is 0 Å². The minimum Gasteiger partial charge on any atom is -0.494 e. The van der Waals surface area contributed by atoms with E-state index in [1.807, 2.05) is 18.2 Å². The van der Waals surface area contributed by atoms with Crippen molar-refractivity contribution in [2.24, 2.45) is 10.8 Å². The minimum absolute atomic E-state index is 0.552. The molecule has 0 aliphatic carbocycles. The second-order valence-corrected chi connectivity index (χ2v) is 3.54. The number of rotatable bonds is 4. The zero-order valence-electron chi connectivity index (χ0n) is 8.89. The summed E-state index contributed by atoms with van der Waals surface area (Å²) in [6.45, 7) is 1.15. The first-order valence-electron chi connectivity index (χ1n) is 5.25. The molecule has 1 aliphatic rings. The van der Waals surface area contributed by atoms with Crippen LogP contribution >= 0.6 is 0 Å². The van der Waals surface area contributed by atoms with Crippen LogP contribution in [-0.4, -0.2) is 31.4 Å². The van der Waals surface area contributed by atoms with Crippen molar-refractivity contribution in [2.45, 2.75) is 6.42 Å². The first-order valence-corrected chi connectivity index (χ1v) is 5.25. The largest absolute Gasteiger partial charge is 0.494 e. The van der Waals surface area contributed by atoms with E-state index in [9.17, 15) is 5.02 Å². The van der Waals surface area contributed by atoms with Gasteiger partial charge in [0.2, 0.25) is 0 Å². The number of ether oxygens (including phenoxy) is 1. The van der Waals surface area contributed by atoms with Crippen LogP contribution in [0.25, 0.3) is 0 Å². The van der Waals surface area contributed by atoms with Gasteiger partial charge in [-0.15, -0.1) is 0 Å². The maximum Gasteiger partial charge on any atom is 0.467 e. The third-order valence-corrected chi connectivity index (χ3v) is 2.38. The molecule has 0 atom stereocenters. The van der Waals surface area contributed by atoms with Gasteiger partial charge < -0.3 is 20.8 Å². The molecule has 1 aromatic carbocycles. The molecule has 1 heterocycles. The third kappa shape index (κ3) is 2.18. The zero-order valence-corrected chi connectivity index (χ0v) is 8.89. The Morgan fingerprint density at radius 1 is 1.50 bits per heavy atom. The van der Waals surface area contributed by atoms with Gasteiger partial charge in [-0.3, -0.25) is 0 Å². The fourth-order valence-corrected chi connectivity index (χ4v) is 1.60. The number of nitrogens with one attached hydrogen (secondary N) is 1. The van der Waals surface area contributed by atoms with Crippen LogP contribution in [0.4, 0.5) is 0 Å². The van der Waals surface area contributed by atoms with Crippen molar-refractivity contribution in [1.82, 2.24) is 5.34 Å². The summed E-state index contributed by atoms with van der Waals surface area (Å²) >= 11 is 0. The van der Waals surface area contributed by atoms with Crippen LogP contribution in [0.15, 0.2) is 23.3 Å². The Morgan fingerprint density at radius 3 is 3.19 bits per heavy atom. The Morgan fingerprint density at radius 2 is 2.38 bits per heavy atom. The highest BCUT2D eigenvalue weighted by atomic mass is 16.5. The summed E-state index contributed by atoms with van der Waals surface area (Å²) < 4.78 is 5.57. The second kappa shape index (κ2) is 5.00. The summed E-state index contributed by atoms with van der Waals surface area (Å²) in [7, 11) is -0.811. The van der Waals surface area contributed by atoms with Crippen LogP contribution in [0.2, 0.25) is 0 Å². The van der Waals surface area contributed by atoms with Crippen molar-refractivity contribution < 1.29 is 9.76 Å². The minimum atomic E-state index is -0.811. The Labute approximate surface area is 94.4 Å². The highest BCUT2D eigenvalue weighted by Crippen LogP contribution is 2.12. The van der Waals surface area contributed by atoms with Crippen molar-refractivity contribution in [3.05, 3.63) is 23.8 Å². The molecule has 0 amide bonds. The Kier molecular flexibility index (Phi) is 3.43. The van der Waals surface area contributed by atoms with Gasteiger partial charge in [0.1, 0.15) is 5.75 Å². The molecule has 0 unspecified atom stereocenters. The Hall–Kier alpha value is -1.53. The quantitative estimate of drug-likeness (QED) is 0.450. The van der Waals surface area contributed by atoms with E-state index in [0.717, 1.165) is 17.4 Å². The predicted octanol–water partition coefficient (Wildman–Crippen LogP) is -0.961. The van der Waals surface area contributed by atoms with Crippen LogP contribution in [0, 0.1) is 0 Å². The molecule has 1 aliphatic heterocycles. The molecular formula is C10H14BN3O2. The molecule has 0 saturated carbocycles. The number of nitrogens with two attached hydrogens (primary N) is 1. The maximum atomic E-state index is 9.77. The van der Waals surface area contributed by atoms with Crippen molar-refractivity contribution in [3.63, 3.8) is 0 Å². The summed E-state index contributed by atoms with van der Waals surface area (Å²) in [5.74, 6) is 0.678.